The molecule has 2 aromatic carbocycles. The van der Waals surface area contributed by atoms with E-state index >= 15 is 0 Å². The SMILES string of the molecule is Cc1ccc(C(=O)N(CCCN(C)C)c2nc3c(C)c(C)ccc3s2)cc1C. The molecule has 4 nitrogen and oxygen atoms in total. The summed E-state index contributed by atoms with van der Waals surface area (Å²) in [4.78, 5) is 22.3. The quantitative estimate of drug-likeness (QED) is 0.581. The van der Waals surface area contributed by atoms with Crippen LogP contribution in [0.5, 0.6) is 0 Å². The van der Waals surface area contributed by atoms with E-state index in [1.807, 2.05) is 30.0 Å². The molecule has 0 spiro atoms. The Morgan fingerprint density at radius 2 is 1.68 bits per heavy atom. The van der Waals surface area contributed by atoms with Crippen molar-refractivity contribution in [1.82, 2.24) is 9.88 Å². The largest absolute Gasteiger partial charge is 0.309 e. The van der Waals surface area contributed by atoms with Gasteiger partial charge < -0.3 is 4.90 Å². The van der Waals surface area contributed by atoms with Crippen LogP contribution in [0.4, 0.5) is 5.13 Å². The van der Waals surface area contributed by atoms with Crippen molar-refractivity contribution in [3.63, 3.8) is 0 Å². The predicted octanol–water partition coefficient (Wildman–Crippen LogP) is 5.13. The summed E-state index contributed by atoms with van der Waals surface area (Å²) in [5, 5.41) is 0.783. The van der Waals surface area contributed by atoms with E-state index in [-0.39, 0.29) is 5.91 Å². The van der Waals surface area contributed by atoms with Crippen LogP contribution in [0.1, 0.15) is 39.0 Å². The average Bonchev–Trinajstić information content (AvgIpc) is 3.08. The van der Waals surface area contributed by atoms with Crippen LogP contribution in [0.15, 0.2) is 30.3 Å². The second-order valence-corrected chi connectivity index (χ2v) is 8.77. The van der Waals surface area contributed by atoms with Crippen LogP contribution in [0, 0.1) is 27.7 Å². The molecule has 0 bridgehead atoms. The smallest absolute Gasteiger partial charge is 0.260 e. The fraction of sp³-hybridized carbons (Fsp3) is 0.391. The zero-order valence-corrected chi connectivity index (χ0v) is 18.5. The minimum Gasteiger partial charge on any atom is -0.309 e. The molecule has 1 amide bonds. The van der Waals surface area contributed by atoms with E-state index in [4.69, 9.17) is 4.98 Å². The van der Waals surface area contributed by atoms with Crippen LogP contribution in [0.25, 0.3) is 10.2 Å². The molecule has 0 radical (unpaired) electrons. The zero-order chi connectivity index (χ0) is 20.4. The summed E-state index contributed by atoms with van der Waals surface area (Å²) in [6, 6.07) is 10.2. The number of benzene rings is 2. The number of amides is 1. The minimum absolute atomic E-state index is 0.0234. The Labute approximate surface area is 171 Å². The number of hydrogen-bond donors (Lipinski definition) is 0. The van der Waals surface area contributed by atoms with E-state index in [1.165, 1.54) is 16.7 Å². The van der Waals surface area contributed by atoms with Crippen LogP contribution in [-0.4, -0.2) is 43.0 Å². The van der Waals surface area contributed by atoms with E-state index in [2.05, 4.69) is 51.9 Å². The molecule has 0 aliphatic carbocycles. The number of hydrogen-bond acceptors (Lipinski definition) is 4. The molecule has 0 N–H and O–H groups in total. The molecule has 148 valence electrons. The van der Waals surface area contributed by atoms with Crippen molar-refractivity contribution in [1.29, 1.82) is 0 Å². The van der Waals surface area contributed by atoms with Crippen LogP contribution < -0.4 is 4.90 Å². The number of aryl methyl sites for hydroxylation is 4. The second kappa shape index (κ2) is 8.41. The summed E-state index contributed by atoms with van der Waals surface area (Å²) in [5.74, 6) is 0.0234. The summed E-state index contributed by atoms with van der Waals surface area (Å²) in [5.41, 5.74) is 6.47. The lowest BCUT2D eigenvalue weighted by atomic mass is 10.1. The highest BCUT2D eigenvalue weighted by molar-refractivity contribution is 7.22. The third kappa shape index (κ3) is 4.26. The molecule has 0 saturated heterocycles. The van der Waals surface area contributed by atoms with Gasteiger partial charge in [0.05, 0.1) is 10.2 Å². The van der Waals surface area contributed by atoms with E-state index in [0.717, 1.165) is 39.4 Å². The zero-order valence-electron chi connectivity index (χ0n) is 17.7. The molecule has 28 heavy (non-hydrogen) atoms. The molecular formula is C23H29N3OS. The van der Waals surface area contributed by atoms with Gasteiger partial charge in [-0.05, 0) is 95.2 Å². The van der Waals surface area contributed by atoms with Crippen molar-refractivity contribution in [2.24, 2.45) is 0 Å². The Bertz CT molecular complexity index is 1010. The van der Waals surface area contributed by atoms with E-state index in [1.54, 1.807) is 11.3 Å². The van der Waals surface area contributed by atoms with Crippen molar-refractivity contribution < 1.29 is 4.79 Å². The number of anilines is 1. The standard InChI is InChI=1S/C23H29N3OS/c1-15-8-10-19(14-17(15)3)22(27)26(13-7-12-25(5)6)23-24-21-18(4)16(2)9-11-20(21)28-23/h8-11,14H,7,12-13H2,1-6H3. The minimum atomic E-state index is 0.0234. The molecule has 3 aromatic rings. The van der Waals surface area contributed by atoms with Crippen LogP contribution in [0.2, 0.25) is 0 Å². The molecule has 0 saturated carbocycles. The fourth-order valence-electron chi connectivity index (χ4n) is 3.19. The first kappa shape index (κ1) is 20.5. The topological polar surface area (TPSA) is 36.4 Å². The van der Waals surface area contributed by atoms with Gasteiger partial charge in [-0.25, -0.2) is 4.98 Å². The molecule has 0 atom stereocenters. The number of thiazole rings is 1. The second-order valence-electron chi connectivity index (χ2n) is 7.76. The van der Waals surface area contributed by atoms with Crippen molar-refractivity contribution >= 4 is 32.6 Å². The summed E-state index contributed by atoms with van der Waals surface area (Å²) in [6.45, 7) is 9.90. The van der Waals surface area contributed by atoms with Crippen LogP contribution >= 0.6 is 11.3 Å². The molecule has 0 fully saturated rings. The molecule has 1 heterocycles. The number of aromatic nitrogens is 1. The number of fused-ring (bicyclic) bond motifs is 1. The van der Waals surface area contributed by atoms with E-state index in [9.17, 15) is 4.79 Å². The van der Waals surface area contributed by atoms with E-state index in [0.29, 0.717) is 6.54 Å². The van der Waals surface area contributed by atoms with Gasteiger partial charge in [-0.1, -0.05) is 23.5 Å². The highest BCUT2D eigenvalue weighted by Crippen LogP contribution is 2.32. The first-order valence-corrected chi connectivity index (χ1v) is 10.5. The summed E-state index contributed by atoms with van der Waals surface area (Å²) in [6.07, 6.45) is 0.900. The highest BCUT2D eigenvalue weighted by atomic mass is 32.1. The molecular weight excluding hydrogens is 366 g/mol. The van der Waals surface area contributed by atoms with Gasteiger partial charge >= 0.3 is 0 Å². The Morgan fingerprint density at radius 3 is 2.36 bits per heavy atom. The first-order valence-electron chi connectivity index (χ1n) is 9.68. The number of carbonyl (C=O) groups is 1. The fourth-order valence-corrected chi connectivity index (χ4v) is 4.24. The van der Waals surface area contributed by atoms with Gasteiger partial charge in [0.2, 0.25) is 0 Å². The molecule has 0 unspecified atom stereocenters. The lowest BCUT2D eigenvalue weighted by Gasteiger charge is -2.21. The number of rotatable bonds is 6. The summed E-state index contributed by atoms with van der Waals surface area (Å²) in [7, 11) is 4.11. The molecule has 1 aromatic heterocycles. The Hall–Kier alpha value is -2.24. The lowest BCUT2D eigenvalue weighted by Crippen LogP contribution is -2.33. The van der Waals surface area contributed by atoms with Gasteiger partial charge in [0.15, 0.2) is 5.13 Å². The monoisotopic (exact) mass is 395 g/mol. The van der Waals surface area contributed by atoms with Crippen LogP contribution in [-0.2, 0) is 0 Å². The normalized spacial score (nSPS) is 11.4. The maximum Gasteiger partial charge on any atom is 0.260 e. The number of nitrogens with zero attached hydrogens (tertiary/aromatic N) is 3. The van der Waals surface area contributed by atoms with Crippen molar-refractivity contribution in [2.45, 2.75) is 34.1 Å². The molecule has 0 aliphatic rings. The lowest BCUT2D eigenvalue weighted by molar-refractivity contribution is 0.0986. The van der Waals surface area contributed by atoms with Gasteiger partial charge in [0.25, 0.3) is 5.91 Å². The maximum absolute atomic E-state index is 13.4. The van der Waals surface area contributed by atoms with Crippen molar-refractivity contribution in [2.75, 3.05) is 32.1 Å². The summed E-state index contributed by atoms with van der Waals surface area (Å²) >= 11 is 1.60. The van der Waals surface area contributed by atoms with Crippen molar-refractivity contribution in [3.8, 4) is 0 Å². The molecule has 3 rings (SSSR count). The van der Waals surface area contributed by atoms with Gasteiger partial charge in [0.1, 0.15) is 0 Å². The maximum atomic E-state index is 13.4. The Kier molecular flexibility index (Phi) is 6.16. The van der Waals surface area contributed by atoms with Crippen LogP contribution in [0.3, 0.4) is 0 Å². The molecule has 5 heteroatoms. The van der Waals surface area contributed by atoms with Gasteiger partial charge in [-0.15, -0.1) is 0 Å². The predicted molar refractivity (Wildman–Crippen MR) is 120 cm³/mol. The third-order valence-electron chi connectivity index (χ3n) is 5.29. The molecule has 0 aliphatic heterocycles. The summed E-state index contributed by atoms with van der Waals surface area (Å²) < 4.78 is 1.13. The van der Waals surface area contributed by atoms with Gasteiger partial charge in [-0.2, -0.15) is 0 Å². The first-order chi connectivity index (χ1) is 13.3. The van der Waals surface area contributed by atoms with Gasteiger partial charge in [0, 0.05) is 12.1 Å². The number of carbonyl (C=O) groups excluding carboxylic acids is 1. The highest BCUT2D eigenvalue weighted by Gasteiger charge is 2.22. The van der Waals surface area contributed by atoms with Gasteiger partial charge in [-0.3, -0.25) is 9.69 Å². The van der Waals surface area contributed by atoms with Crippen molar-refractivity contribution in [3.05, 3.63) is 58.1 Å². The Balaban J connectivity index is 1.99. The third-order valence-corrected chi connectivity index (χ3v) is 6.33. The average molecular weight is 396 g/mol. The Morgan fingerprint density at radius 1 is 0.964 bits per heavy atom. The van der Waals surface area contributed by atoms with E-state index < -0.39 is 0 Å².